The van der Waals surface area contributed by atoms with Gasteiger partial charge in [0.1, 0.15) is 11.5 Å². The first-order valence-electron chi connectivity index (χ1n) is 5.18. The average Bonchev–Trinajstić information content (AvgIpc) is 2.26. The van der Waals surface area contributed by atoms with E-state index in [1.54, 1.807) is 6.92 Å². The van der Waals surface area contributed by atoms with Crippen molar-refractivity contribution in [3.05, 3.63) is 23.8 Å². The third kappa shape index (κ3) is 4.02. The van der Waals surface area contributed by atoms with Crippen LogP contribution in [-0.4, -0.2) is 29.2 Å². The average molecular weight is 280 g/mol. The molecule has 1 atom stereocenters. The Labute approximate surface area is 106 Å². The Hall–Kier alpha value is -1.96. The molecular formula is C11H11F3O5. The third-order valence-corrected chi connectivity index (χ3v) is 2.06. The van der Waals surface area contributed by atoms with Crippen molar-refractivity contribution in [3.8, 4) is 11.5 Å². The van der Waals surface area contributed by atoms with Crippen LogP contribution in [0.4, 0.5) is 13.2 Å². The summed E-state index contributed by atoms with van der Waals surface area (Å²) in [5, 5.41) is 18.2. The number of halogens is 3. The minimum atomic E-state index is -5.00. The van der Waals surface area contributed by atoms with E-state index >= 15 is 0 Å². The summed E-state index contributed by atoms with van der Waals surface area (Å²) in [4.78, 5) is 10.7. The number of carboxylic acid groups (broad SMARTS) is 1. The highest BCUT2D eigenvalue weighted by molar-refractivity contribution is 5.76. The highest BCUT2D eigenvalue weighted by Gasteiger charge is 2.35. The van der Waals surface area contributed by atoms with Gasteiger partial charge in [-0.25, -0.2) is 4.79 Å². The lowest BCUT2D eigenvalue weighted by Gasteiger charge is -2.18. The summed E-state index contributed by atoms with van der Waals surface area (Å²) >= 11 is 0. The van der Waals surface area contributed by atoms with Crippen LogP contribution in [0.2, 0.25) is 0 Å². The zero-order valence-corrected chi connectivity index (χ0v) is 9.77. The van der Waals surface area contributed by atoms with Crippen molar-refractivity contribution in [1.82, 2.24) is 0 Å². The Bertz CT molecular complexity index is 458. The lowest BCUT2D eigenvalue weighted by atomic mass is 10.1. The summed E-state index contributed by atoms with van der Waals surface area (Å²) in [5.74, 6) is -2.70. The van der Waals surface area contributed by atoms with Crippen LogP contribution in [0.5, 0.6) is 11.5 Å². The number of ether oxygens (including phenoxy) is 2. The molecule has 8 heteroatoms. The zero-order valence-electron chi connectivity index (χ0n) is 9.77. The van der Waals surface area contributed by atoms with Crippen molar-refractivity contribution in [2.24, 2.45) is 0 Å². The summed E-state index contributed by atoms with van der Waals surface area (Å²) in [5.41, 5.74) is -0.575. The van der Waals surface area contributed by atoms with Gasteiger partial charge in [-0.05, 0) is 19.1 Å². The van der Waals surface area contributed by atoms with Crippen LogP contribution < -0.4 is 9.47 Å². The molecule has 0 aliphatic rings. The first-order valence-corrected chi connectivity index (χ1v) is 5.18. The van der Waals surface area contributed by atoms with E-state index in [1.165, 1.54) is 12.1 Å². The molecule has 1 rings (SSSR count). The summed E-state index contributed by atoms with van der Waals surface area (Å²) in [7, 11) is 0. The highest BCUT2D eigenvalue weighted by atomic mass is 19.4. The first-order chi connectivity index (χ1) is 8.76. The van der Waals surface area contributed by atoms with Gasteiger partial charge in [-0.1, -0.05) is 6.07 Å². The molecule has 0 fully saturated rings. The molecule has 0 saturated carbocycles. The Balaban J connectivity index is 3.29. The number of hydrogen-bond donors (Lipinski definition) is 2. The molecule has 0 bridgehead atoms. The Morgan fingerprint density at radius 2 is 1.95 bits per heavy atom. The molecule has 0 amide bonds. The van der Waals surface area contributed by atoms with Crippen LogP contribution in [0.25, 0.3) is 0 Å². The fraction of sp³-hybridized carbons (Fsp3) is 0.364. The molecule has 0 aliphatic carbocycles. The van der Waals surface area contributed by atoms with E-state index < -0.39 is 29.7 Å². The summed E-state index contributed by atoms with van der Waals surface area (Å²) in [6.07, 6.45) is -7.18. The number of aliphatic hydroxyl groups excluding tert-OH is 1. The normalized spacial score (nSPS) is 12.9. The molecule has 0 radical (unpaired) electrons. The van der Waals surface area contributed by atoms with Gasteiger partial charge in [0.2, 0.25) is 0 Å². The molecule has 106 valence electrons. The quantitative estimate of drug-likeness (QED) is 0.863. The van der Waals surface area contributed by atoms with E-state index in [4.69, 9.17) is 9.84 Å². The summed E-state index contributed by atoms with van der Waals surface area (Å²) < 4.78 is 45.3. The van der Waals surface area contributed by atoms with Gasteiger partial charge in [-0.2, -0.15) is 0 Å². The van der Waals surface area contributed by atoms with Crippen molar-refractivity contribution in [2.75, 3.05) is 6.61 Å². The fourth-order valence-corrected chi connectivity index (χ4v) is 1.41. The summed E-state index contributed by atoms with van der Waals surface area (Å²) in [6.45, 7) is 1.66. The van der Waals surface area contributed by atoms with Crippen molar-refractivity contribution in [1.29, 1.82) is 0 Å². The number of benzene rings is 1. The maximum atomic E-state index is 12.2. The van der Waals surface area contributed by atoms with Crippen molar-refractivity contribution < 1.29 is 37.7 Å². The first kappa shape index (κ1) is 15.1. The molecule has 1 aromatic rings. The number of hydrogen-bond acceptors (Lipinski definition) is 4. The van der Waals surface area contributed by atoms with Crippen molar-refractivity contribution in [3.63, 3.8) is 0 Å². The number of aliphatic hydroxyl groups is 1. The van der Waals surface area contributed by atoms with E-state index in [2.05, 4.69) is 4.74 Å². The highest BCUT2D eigenvalue weighted by Crippen LogP contribution is 2.37. The topological polar surface area (TPSA) is 76.0 Å². The van der Waals surface area contributed by atoms with Gasteiger partial charge in [0.25, 0.3) is 0 Å². The smallest absolute Gasteiger partial charge is 0.493 e. The molecule has 1 aromatic carbocycles. The number of aliphatic carboxylic acids is 1. The molecule has 5 nitrogen and oxygen atoms in total. The maximum absolute atomic E-state index is 12.2. The van der Waals surface area contributed by atoms with Gasteiger partial charge < -0.3 is 19.7 Å². The number of carboxylic acids is 1. The number of carbonyl (C=O) groups is 1. The van der Waals surface area contributed by atoms with Crippen LogP contribution in [0.3, 0.4) is 0 Å². The van der Waals surface area contributed by atoms with E-state index in [-0.39, 0.29) is 12.4 Å². The van der Waals surface area contributed by atoms with E-state index in [0.717, 1.165) is 6.07 Å². The van der Waals surface area contributed by atoms with Crippen LogP contribution in [0.15, 0.2) is 18.2 Å². The molecule has 1 unspecified atom stereocenters. The van der Waals surface area contributed by atoms with Gasteiger partial charge in [0.05, 0.1) is 12.2 Å². The number of alkyl halides is 3. The Kier molecular flexibility index (Phi) is 4.60. The van der Waals surface area contributed by atoms with E-state index in [1.807, 2.05) is 0 Å². The van der Waals surface area contributed by atoms with Gasteiger partial charge in [-0.3, -0.25) is 0 Å². The SMILES string of the molecule is CCOc1cccc(OC(F)(F)F)c1C(O)C(=O)O. The van der Waals surface area contributed by atoms with Gasteiger partial charge >= 0.3 is 12.3 Å². The van der Waals surface area contributed by atoms with Gasteiger partial charge in [-0.15, -0.1) is 13.2 Å². The van der Waals surface area contributed by atoms with Crippen LogP contribution in [-0.2, 0) is 4.79 Å². The van der Waals surface area contributed by atoms with Gasteiger partial charge in [0.15, 0.2) is 6.10 Å². The monoisotopic (exact) mass is 280 g/mol. The van der Waals surface area contributed by atoms with Crippen LogP contribution in [0, 0.1) is 0 Å². The predicted molar refractivity (Wildman–Crippen MR) is 56.9 cm³/mol. The van der Waals surface area contributed by atoms with E-state index in [0.29, 0.717) is 0 Å². The molecule has 0 saturated heterocycles. The fourth-order valence-electron chi connectivity index (χ4n) is 1.41. The molecule has 2 N–H and O–H groups in total. The van der Waals surface area contributed by atoms with Crippen molar-refractivity contribution in [2.45, 2.75) is 19.4 Å². The predicted octanol–water partition coefficient (Wildman–Crippen LogP) is 2.10. The Morgan fingerprint density at radius 3 is 2.42 bits per heavy atom. The summed E-state index contributed by atoms with van der Waals surface area (Å²) in [6, 6.07) is 3.34. The standard InChI is InChI=1S/C11H11F3O5/c1-2-18-6-4-3-5-7(19-11(12,13)14)8(6)9(15)10(16)17/h3-5,9,15H,2H2,1H3,(H,16,17). The molecule has 0 spiro atoms. The lowest BCUT2D eigenvalue weighted by molar-refractivity contribution is -0.275. The molecular weight excluding hydrogens is 269 g/mol. The van der Waals surface area contributed by atoms with Crippen molar-refractivity contribution >= 4 is 5.97 Å². The molecule has 19 heavy (non-hydrogen) atoms. The van der Waals surface area contributed by atoms with E-state index in [9.17, 15) is 23.1 Å². The lowest BCUT2D eigenvalue weighted by Crippen LogP contribution is -2.21. The van der Waals surface area contributed by atoms with Crippen LogP contribution >= 0.6 is 0 Å². The van der Waals surface area contributed by atoms with Crippen LogP contribution in [0.1, 0.15) is 18.6 Å². The molecule has 0 heterocycles. The maximum Gasteiger partial charge on any atom is 0.573 e. The Morgan fingerprint density at radius 1 is 1.37 bits per heavy atom. The minimum absolute atomic E-state index is 0.0921. The zero-order chi connectivity index (χ0) is 14.6. The number of rotatable bonds is 5. The second kappa shape index (κ2) is 5.79. The molecule has 0 aliphatic heterocycles. The second-order valence-corrected chi connectivity index (χ2v) is 3.39. The van der Waals surface area contributed by atoms with Gasteiger partial charge in [0, 0.05) is 0 Å². The third-order valence-electron chi connectivity index (χ3n) is 2.06. The second-order valence-electron chi connectivity index (χ2n) is 3.39. The largest absolute Gasteiger partial charge is 0.573 e. The molecule has 0 aromatic heterocycles. The minimum Gasteiger partial charge on any atom is -0.493 e.